The summed E-state index contributed by atoms with van der Waals surface area (Å²) in [6.07, 6.45) is -0.0272. The van der Waals surface area contributed by atoms with Gasteiger partial charge in [-0.2, -0.15) is 0 Å². The van der Waals surface area contributed by atoms with Gasteiger partial charge in [-0.1, -0.05) is 60.7 Å². The number of benzene rings is 3. The third-order valence-electron chi connectivity index (χ3n) is 6.43. The van der Waals surface area contributed by atoms with E-state index in [0.29, 0.717) is 18.5 Å². The lowest BCUT2D eigenvalue weighted by molar-refractivity contribution is -0.136. The normalized spacial score (nSPS) is 16.9. The van der Waals surface area contributed by atoms with Crippen LogP contribution < -0.4 is 10.6 Å². The topological polar surface area (TPSA) is 105 Å². The van der Waals surface area contributed by atoms with Gasteiger partial charge in [-0.25, -0.2) is 4.79 Å². The van der Waals surface area contributed by atoms with Gasteiger partial charge in [-0.15, -0.1) is 0 Å². The molecule has 1 fully saturated rings. The van der Waals surface area contributed by atoms with Gasteiger partial charge in [-0.05, 0) is 46.4 Å². The SMILES string of the molecule is O=C1CCC(N2Cc3ccc(CNC(=O)OCc4cccc(-c5ccccc5)c4)cc3C2=O)C(=O)N1. The number of alkyl carbamates (subject to hydrolysis) is 1. The number of imide groups is 1. The molecule has 8 heteroatoms. The summed E-state index contributed by atoms with van der Waals surface area (Å²) >= 11 is 0. The molecule has 36 heavy (non-hydrogen) atoms. The summed E-state index contributed by atoms with van der Waals surface area (Å²) in [4.78, 5) is 50.4. The first-order valence-corrected chi connectivity index (χ1v) is 11.8. The molecule has 2 aliphatic rings. The quantitative estimate of drug-likeness (QED) is 0.522. The van der Waals surface area contributed by atoms with Crippen molar-refractivity contribution < 1.29 is 23.9 Å². The summed E-state index contributed by atoms with van der Waals surface area (Å²) in [7, 11) is 0. The zero-order chi connectivity index (χ0) is 25.1. The van der Waals surface area contributed by atoms with Crippen LogP contribution in [0.1, 0.15) is 39.9 Å². The van der Waals surface area contributed by atoms with Crippen LogP contribution in [0.2, 0.25) is 0 Å². The molecule has 4 amide bonds. The third-order valence-corrected chi connectivity index (χ3v) is 6.43. The monoisotopic (exact) mass is 483 g/mol. The molecular weight excluding hydrogens is 458 g/mol. The smallest absolute Gasteiger partial charge is 0.407 e. The van der Waals surface area contributed by atoms with Crippen LogP contribution in [-0.4, -0.2) is 34.8 Å². The summed E-state index contributed by atoms with van der Waals surface area (Å²) in [5, 5.41) is 5.02. The van der Waals surface area contributed by atoms with Crippen molar-refractivity contribution in [2.45, 2.75) is 38.6 Å². The van der Waals surface area contributed by atoms with Gasteiger partial charge in [0.2, 0.25) is 11.8 Å². The average molecular weight is 484 g/mol. The van der Waals surface area contributed by atoms with E-state index in [1.54, 1.807) is 6.07 Å². The maximum Gasteiger partial charge on any atom is 0.407 e. The highest BCUT2D eigenvalue weighted by Crippen LogP contribution is 2.28. The van der Waals surface area contributed by atoms with Crippen molar-refractivity contribution in [3.8, 4) is 11.1 Å². The van der Waals surface area contributed by atoms with Crippen molar-refractivity contribution >= 4 is 23.8 Å². The van der Waals surface area contributed by atoms with E-state index >= 15 is 0 Å². The molecule has 1 atom stereocenters. The summed E-state index contributed by atoms with van der Waals surface area (Å²) in [5.74, 6) is -1.00. The first-order chi connectivity index (χ1) is 17.5. The standard InChI is InChI=1S/C28H25N3O5/c32-25-12-11-24(26(33)30-25)31-16-22-10-9-18(14-23(22)27(31)34)15-29-28(35)36-17-19-5-4-8-21(13-19)20-6-2-1-3-7-20/h1-10,13-14,24H,11-12,15-17H2,(H,29,35)(H,30,32,33). The molecule has 0 aliphatic carbocycles. The molecule has 3 aromatic rings. The van der Waals surface area contributed by atoms with Crippen LogP contribution in [-0.2, 0) is 34.0 Å². The van der Waals surface area contributed by atoms with Crippen LogP contribution in [0, 0.1) is 0 Å². The van der Waals surface area contributed by atoms with E-state index in [4.69, 9.17) is 4.74 Å². The number of ether oxygens (including phenoxy) is 1. The molecule has 0 spiro atoms. The van der Waals surface area contributed by atoms with Gasteiger partial charge in [0.15, 0.2) is 0 Å². The predicted molar refractivity (Wildman–Crippen MR) is 131 cm³/mol. The van der Waals surface area contributed by atoms with Crippen molar-refractivity contribution in [2.24, 2.45) is 0 Å². The fourth-order valence-electron chi connectivity index (χ4n) is 4.56. The van der Waals surface area contributed by atoms with Crippen molar-refractivity contribution in [3.05, 3.63) is 95.1 Å². The van der Waals surface area contributed by atoms with Gasteiger partial charge in [0.25, 0.3) is 5.91 Å². The second-order valence-electron chi connectivity index (χ2n) is 8.89. The summed E-state index contributed by atoms with van der Waals surface area (Å²) in [6.45, 7) is 0.649. The zero-order valence-corrected chi connectivity index (χ0v) is 19.5. The third kappa shape index (κ3) is 4.98. The summed E-state index contributed by atoms with van der Waals surface area (Å²) in [5.41, 5.74) is 5.08. The lowest BCUT2D eigenvalue weighted by atomic mass is 10.0. The molecule has 0 aromatic heterocycles. The number of piperidine rings is 1. The second kappa shape index (κ2) is 10.0. The molecule has 182 valence electrons. The van der Waals surface area contributed by atoms with Crippen LogP contribution in [0.5, 0.6) is 0 Å². The van der Waals surface area contributed by atoms with E-state index in [2.05, 4.69) is 10.6 Å². The fraction of sp³-hybridized carbons (Fsp3) is 0.214. The van der Waals surface area contributed by atoms with Crippen LogP contribution in [0.25, 0.3) is 11.1 Å². The van der Waals surface area contributed by atoms with Gasteiger partial charge in [0.05, 0.1) is 0 Å². The van der Waals surface area contributed by atoms with Gasteiger partial charge in [0.1, 0.15) is 12.6 Å². The van der Waals surface area contributed by atoms with Crippen LogP contribution in [0.4, 0.5) is 4.79 Å². The molecule has 0 saturated carbocycles. The number of nitrogens with one attached hydrogen (secondary N) is 2. The number of carbonyl (C=O) groups excluding carboxylic acids is 4. The Hall–Kier alpha value is -4.46. The van der Waals surface area contributed by atoms with E-state index in [-0.39, 0.29) is 31.4 Å². The summed E-state index contributed by atoms with van der Waals surface area (Å²) < 4.78 is 5.37. The molecule has 2 aliphatic heterocycles. The van der Waals surface area contributed by atoms with E-state index in [0.717, 1.165) is 27.8 Å². The first kappa shape index (κ1) is 23.3. The number of fused-ring (bicyclic) bond motifs is 1. The number of carbonyl (C=O) groups is 4. The van der Waals surface area contributed by atoms with Crippen molar-refractivity contribution in [1.29, 1.82) is 0 Å². The number of hydrogen-bond donors (Lipinski definition) is 2. The molecule has 5 rings (SSSR count). The van der Waals surface area contributed by atoms with E-state index < -0.39 is 18.0 Å². The molecule has 0 bridgehead atoms. The lowest BCUT2D eigenvalue weighted by Crippen LogP contribution is -2.52. The minimum Gasteiger partial charge on any atom is -0.445 e. The molecule has 1 unspecified atom stereocenters. The fourth-order valence-corrected chi connectivity index (χ4v) is 4.56. The Morgan fingerprint density at radius 3 is 2.56 bits per heavy atom. The number of rotatable bonds is 6. The Morgan fingerprint density at radius 1 is 0.944 bits per heavy atom. The molecule has 0 radical (unpaired) electrons. The van der Waals surface area contributed by atoms with Crippen molar-refractivity contribution in [2.75, 3.05) is 0 Å². The minimum atomic E-state index is -0.653. The maximum atomic E-state index is 13.0. The Labute approximate surface area is 208 Å². The number of hydrogen-bond acceptors (Lipinski definition) is 5. The molecule has 3 aromatic carbocycles. The number of amides is 4. The van der Waals surface area contributed by atoms with Crippen molar-refractivity contribution in [3.63, 3.8) is 0 Å². The van der Waals surface area contributed by atoms with Gasteiger partial charge in [0, 0.05) is 25.1 Å². The van der Waals surface area contributed by atoms with Crippen LogP contribution >= 0.6 is 0 Å². The van der Waals surface area contributed by atoms with Crippen LogP contribution in [0.3, 0.4) is 0 Å². The van der Waals surface area contributed by atoms with Gasteiger partial charge < -0.3 is 15.0 Å². The average Bonchev–Trinajstić information content (AvgIpc) is 3.22. The minimum absolute atomic E-state index is 0.135. The highest BCUT2D eigenvalue weighted by Gasteiger charge is 2.39. The lowest BCUT2D eigenvalue weighted by Gasteiger charge is -2.29. The molecule has 8 nitrogen and oxygen atoms in total. The van der Waals surface area contributed by atoms with E-state index in [1.165, 1.54) is 4.90 Å². The predicted octanol–water partition coefficient (Wildman–Crippen LogP) is 3.54. The highest BCUT2D eigenvalue weighted by atomic mass is 16.5. The number of nitrogens with zero attached hydrogens (tertiary/aromatic N) is 1. The van der Waals surface area contributed by atoms with Gasteiger partial charge >= 0.3 is 6.09 Å². The molecule has 2 heterocycles. The molecule has 1 saturated heterocycles. The summed E-state index contributed by atoms with van der Waals surface area (Å²) in [6, 6.07) is 22.5. The largest absolute Gasteiger partial charge is 0.445 e. The first-order valence-electron chi connectivity index (χ1n) is 11.8. The maximum absolute atomic E-state index is 13.0. The Balaban J connectivity index is 1.15. The van der Waals surface area contributed by atoms with Crippen molar-refractivity contribution in [1.82, 2.24) is 15.5 Å². The van der Waals surface area contributed by atoms with E-state index in [9.17, 15) is 19.2 Å². The Bertz CT molecular complexity index is 1340. The van der Waals surface area contributed by atoms with Crippen LogP contribution in [0.15, 0.2) is 72.8 Å². The Kier molecular flexibility index (Phi) is 6.49. The van der Waals surface area contributed by atoms with Gasteiger partial charge in [-0.3, -0.25) is 19.7 Å². The molecular formula is C28H25N3O5. The molecule has 2 N–H and O–H groups in total. The van der Waals surface area contributed by atoms with E-state index in [1.807, 2.05) is 66.7 Å². The second-order valence-corrected chi connectivity index (χ2v) is 8.89. The Morgan fingerprint density at radius 2 is 1.75 bits per heavy atom. The highest BCUT2D eigenvalue weighted by molar-refractivity contribution is 6.05. The zero-order valence-electron chi connectivity index (χ0n) is 19.5.